The van der Waals surface area contributed by atoms with Gasteiger partial charge in [0.1, 0.15) is 17.0 Å². The number of nitrogens with zero attached hydrogens (tertiary/aromatic N) is 4. The summed E-state index contributed by atoms with van der Waals surface area (Å²) >= 11 is 1.43. The molecule has 0 amide bonds. The summed E-state index contributed by atoms with van der Waals surface area (Å²) in [7, 11) is 0. The zero-order valence-corrected chi connectivity index (χ0v) is 11.7. The maximum Gasteiger partial charge on any atom is 0.149 e. The summed E-state index contributed by atoms with van der Waals surface area (Å²) in [6, 6.07) is 0. The zero-order chi connectivity index (χ0) is 13.0. The monoisotopic (exact) mass is 265 g/mol. The van der Waals surface area contributed by atoms with Crippen LogP contribution in [0.15, 0.2) is 6.33 Å². The molecule has 0 radical (unpaired) electrons. The van der Waals surface area contributed by atoms with E-state index in [9.17, 15) is 0 Å². The molecule has 0 unspecified atom stereocenters. The van der Waals surface area contributed by atoms with Crippen molar-refractivity contribution in [1.29, 1.82) is 0 Å². The molecule has 0 fully saturated rings. The lowest BCUT2D eigenvalue weighted by Crippen LogP contribution is -2.28. The molecule has 0 bridgehead atoms. The molecule has 0 aliphatic rings. The van der Waals surface area contributed by atoms with Crippen molar-refractivity contribution in [3.05, 3.63) is 12.0 Å². The largest absolute Gasteiger partial charge is 0.356 e. The SMILES string of the molecule is CCCN(CCCN)c1ncnc2snc(C)c12. The van der Waals surface area contributed by atoms with Gasteiger partial charge in [0.25, 0.3) is 0 Å². The van der Waals surface area contributed by atoms with Gasteiger partial charge < -0.3 is 10.6 Å². The molecule has 6 heteroatoms. The van der Waals surface area contributed by atoms with Gasteiger partial charge in [0.05, 0.1) is 11.1 Å². The van der Waals surface area contributed by atoms with Gasteiger partial charge in [-0.15, -0.1) is 0 Å². The lowest BCUT2D eigenvalue weighted by atomic mass is 10.2. The van der Waals surface area contributed by atoms with Crippen molar-refractivity contribution >= 4 is 27.6 Å². The molecule has 2 heterocycles. The maximum atomic E-state index is 5.60. The summed E-state index contributed by atoms with van der Waals surface area (Å²) in [5.74, 6) is 1.00. The Bertz CT molecular complexity index is 510. The molecule has 98 valence electrons. The summed E-state index contributed by atoms with van der Waals surface area (Å²) in [6.45, 7) is 6.81. The zero-order valence-electron chi connectivity index (χ0n) is 10.9. The van der Waals surface area contributed by atoms with Crippen molar-refractivity contribution in [1.82, 2.24) is 14.3 Å². The number of hydrogen-bond donors (Lipinski definition) is 1. The highest BCUT2D eigenvalue weighted by Gasteiger charge is 2.15. The number of aryl methyl sites for hydroxylation is 1. The number of rotatable bonds is 6. The fourth-order valence-corrected chi connectivity index (χ4v) is 2.76. The first-order valence-electron chi connectivity index (χ1n) is 6.30. The van der Waals surface area contributed by atoms with Crippen LogP contribution in [0, 0.1) is 6.92 Å². The maximum absolute atomic E-state index is 5.60. The summed E-state index contributed by atoms with van der Waals surface area (Å²) in [6.07, 6.45) is 3.69. The number of aromatic nitrogens is 3. The van der Waals surface area contributed by atoms with E-state index in [1.165, 1.54) is 11.5 Å². The van der Waals surface area contributed by atoms with E-state index in [0.29, 0.717) is 6.54 Å². The Hall–Kier alpha value is -1.27. The first-order valence-corrected chi connectivity index (χ1v) is 7.07. The minimum atomic E-state index is 0.704. The molecule has 0 spiro atoms. The Kier molecular flexibility index (Phi) is 4.43. The van der Waals surface area contributed by atoms with Gasteiger partial charge in [-0.3, -0.25) is 0 Å². The molecule has 18 heavy (non-hydrogen) atoms. The van der Waals surface area contributed by atoms with Crippen LogP contribution in [0.1, 0.15) is 25.5 Å². The van der Waals surface area contributed by atoms with Gasteiger partial charge in [0.2, 0.25) is 0 Å². The Morgan fingerprint density at radius 2 is 2.17 bits per heavy atom. The molecule has 0 aromatic carbocycles. The average molecular weight is 265 g/mol. The smallest absolute Gasteiger partial charge is 0.149 e. The van der Waals surface area contributed by atoms with E-state index in [2.05, 4.69) is 26.2 Å². The van der Waals surface area contributed by atoms with Crippen molar-refractivity contribution in [2.24, 2.45) is 5.73 Å². The van der Waals surface area contributed by atoms with E-state index >= 15 is 0 Å². The van der Waals surface area contributed by atoms with Gasteiger partial charge in [-0.05, 0) is 37.8 Å². The highest BCUT2D eigenvalue weighted by atomic mass is 32.1. The minimum Gasteiger partial charge on any atom is -0.356 e. The molecule has 0 aliphatic heterocycles. The lowest BCUT2D eigenvalue weighted by Gasteiger charge is -2.23. The van der Waals surface area contributed by atoms with Gasteiger partial charge in [-0.2, -0.15) is 4.37 Å². The van der Waals surface area contributed by atoms with Crippen LogP contribution in [0.3, 0.4) is 0 Å². The second kappa shape index (κ2) is 6.06. The molecular formula is C12H19N5S. The second-order valence-electron chi connectivity index (χ2n) is 4.27. The Balaban J connectivity index is 2.39. The quantitative estimate of drug-likeness (QED) is 0.864. The van der Waals surface area contributed by atoms with Gasteiger partial charge in [0.15, 0.2) is 0 Å². The third kappa shape index (κ3) is 2.59. The minimum absolute atomic E-state index is 0.704. The average Bonchev–Trinajstić information content (AvgIpc) is 2.77. The summed E-state index contributed by atoms with van der Waals surface area (Å²) in [4.78, 5) is 12.0. The van der Waals surface area contributed by atoms with E-state index in [4.69, 9.17) is 5.73 Å². The van der Waals surface area contributed by atoms with Crippen LogP contribution in [-0.4, -0.2) is 34.0 Å². The molecular weight excluding hydrogens is 246 g/mol. The van der Waals surface area contributed by atoms with E-state index < -0.39 is 0 Å². The summed E-state index contributed by atoms with van der Waals surface area (Å²) in [5, 5.41) is 1.09. The molecule has 0 aliphatic carbocycles. The number of anilines is 1. The van der Waals surface area contributed by atoms with Crippen LogP contribution in [0.5, 0.6) is 0 Å². The molecule has 0 saturated heterocycles. The fourth-order valence-electron chi connectivity index (χ4n) is 2.02. The summed E-state index contributed by atoms with van der Waals surface area (Å²) in [5.41, 5.74) is 6.62. The number of fused-ring (bicyclic) bond motifs is 1. The van der Waals surface area contributed by atoms with Crippen LogP contribution in [0.2, 0.25) is 0 Å². The topological polar surface area (TPSA) is 67.9 Å². The van der Waals surface area contributed by atoms with Crippen molar-refractivity contribution in [3.63, 3.8) is 0 Å². The molecule has 2 rings (SSSR count). The van der Waals surface area contributed by atoms with Crippen LogP contribution < -0.4 is 10.6 Å². The van der Waals surface area contributed by atoms with Crippen molar-refractivity contribution < 1.29 is 0 Å². The second-order valence-corrected chi connectivity index (χ2v) is 5.03. The van der Waals surface area contributed by atoms with Gasteiger partial charge >= 0.3 is 0 Å². The Morgan fingerprint density at radius 3 is 2.89 bits per heavy atom. The van der Waals surface area contributed by atoms with E-state index in [-0.39, 0.29) is 0 Å². The van der Waals surface area contributed by atoms with Crippen molar-refractivity contribution in [2.45, 2.75) is 26.7 Å². The van der Waals surface area contributed by atoms with Gasteiger partial charge in [-0.1, -0.05) is 6.92 Å². The predicted molar refractivity (Wildman–Crippen MR) is 76.1 cm³/mol. The summed E-state index contributed by atoms with van der Waals surface area (Å²) < 4.78 is 4.37. The van der Waals surface area contributed by atoms with Crippen molar-refractivity contribution in [3.8, 4) is 0 Å². The van der Waals surface area contributed by atoms with E-state index in [1.807, 2.05) is 6.92 Å². The fraction of sp³-hybridized carbons (Fsp3) is 0.583. The van der Waals surface area contributed by atoms with E-state index in [0.717, 1.165) is 47.7 Å². The van der Waals surface area contributed by atoms with Gasteiger partial charge in [0, 0.05) is 13.1 Å². The number of nitrogens with two attached hydrogens (primary N) is 1. The van der Waals surface area contributed by atoms with Crippen LogP contribution >= 0.6 is 11.5 Å². The standard InChI is InChI=1S/C12H19N5S/c1-3-6-17(7-4-5-13)11-10-9(2)16-18-12(10)15-8-14-11/h8H,3-7,13H2,1-2H3. The normalized spacial score (nSPS) is 11.1. The highest BCUT2D eigenvalue weighted by Crippen LogP contribution is 2.28. The third-order valence-corrected chi connectivity index (χ3v) is 3.70. The first kappa shape index (κ1) is 13.2. The molecule has 2 N–H and O–H groups in total. The molecule has 0 saturated carbocycles. The Morgan fingerprint density at radius 1 is 1.33 bits per heavy atom. The molecule has 5 nitrogen and oxygen atoms in total. The predicted octanol–water partition coefficient (Wildman–Crippen LogP) is 1.96. The van der Waals surface area contributed by atoms with Crippen LogP contribution in [-0.2, 0) is 0 Å². The number of hydrogen-bond acceptors (Lipinski definition) is 6. The van der Waals surface area contributed by atoms with Crippen LogP contribution in [0.4, 0.5) is 5.82 Å². The molecule has 2 aromatic heterocycles. The Labute approximate surface area is 111 Å². The van der Waals surface area contributed by atoms with E-state index in [1.54, 1.807) is 6.33 Å². The molecule has 2 aromatic rings. The first-order chi connectivity index (χ1) is 8.77. The van der Waals surface area contributed by atoms with Crippen molar-refractivity contribution in [2.75, 3.05) is 24.5 Å². The third-order valence-electron chi connectivity index (χ3n) is 2.85. The highest BCUT2D eigenvalue weighted by molar-refractivity contribution is 7.13. The van der Waals surface area contributed by atoms with Gasteiger partial charge in [-0.25, -0.2) is 9.97 Å². The molecule has 0 atom stereocenters. The van der Waals surface area contributed by atoms with Crippen LogP contribution in [0.25, 0.3) is 10.2 Å². The lowest BCUT2D eigenvalue weighted by molar-refractivity contribution is 0.713.